The molecule has 9 heteroatoms. The number of thiazole rings is 1. The molecule has 0 radical (unpaired) electrons. The van der Waals surface area contributed by atoms with Crippen LogP contribution in [0.3, 0.4) is 0 Å². The van der Waals surface area contributed by atoms with E-state index in [1.165, 1.54) is 12.1 Å². The maximum atomic E-state index is 13.4. The summed E-state index contributed by atoms with van der Waals surface area (Å²) in [6.07, 6.45) is -5.98. The molecule has 0 spiro atoms. The van der Waals surface area contributed by atoms with E-state index in [9.17, 15) is 18.0 Å². The Labute approximate surface area is 150 Å². The number of benzene rings is 1. The van der Waals surface area contributed by atoms with E-state index >= 15 is 0 Å². The van der Waals surface area contributed by atoms with Crippen LogP contribution in [0.4, 0.5) is 13.2 Å². The van der Waals surface area contributed by atoms with Crippen molar-refractivity contribution in [2.24, 2.45) is 0 Å². The molecule has 0 unspecified atom stereocenters. The van der Waals surface area contributed by atoms with E-state index < -0.39 is 24.1 Å². The van der Waals surface area contributed by atoms with E-state index in [2.05, 4.69) is 9.97 Å². The fourth-order valence-electron chi connectivity index (χ4n) is 2.38. The molecule has 0 N–H and O–H groups in total. The van der Waals surface area contributed by atoms with Gasteiger partial charge in [0.25, 0.3) is 6.10 Å². The highest BCUT2D eigenvalue weighted by Crippen LogP contribution is 2.38. The van der Waals surface area contributed by atoms with Crippen molar-refractivity contribution in [3.05, 3.63) is 45.7 Å². The first-order chi connectivity index (χ1) is 12.3. The quantitative estimate of drug-likeness (QED) is 0.579. The van der Waals surface area contributed by atoms with Crippen LogP contribution in [-0.4, -0.2) is 22.1 Å². The summed E-state index contributed by atoms with van der Waals surface area (Å²) in [5, 5.41) is 0.683. The zero-order valence-corrected chi connectivity index (χ0v) is 14.8. The SMILES string of the molecule is CCCc1nc(C)c(C(=O)O[C@@H](c2nc3ccccc3o2)C(F)(F)F)s1. The van der Waals surface area contributed by atoms with Gasteiger partial charge in [-0.2, -0.15) is 13.2 Å². The molecule has 0 aliphatic heterocycles. The van der Waals surface area contributed by atoms with Crippen molar-refractivity contribution in [3.63, 3.8) is 0 Å². The molecule has 2 heterocycles. The molecule has 1 aromatic carbocycles. The summed E-state index contributed by atoms with van der Waals surface area (Å²) >= 11 is 1.04. The van der Waals surface area contributed by atoms with E-state index in [0.717, 1.165) is 17.8 Å². The number of ether oxygens (including phenoxy) is 1. The monoisotopic (exact) mass is 384 g/mol. The molecule has 0 aliphatic rings. The van der Waals surface area contributed by atoms with Gasteiger partial charge in [-0.3, -0.25) is 0 Å². The fraction of sp³-hybridized carbons (Fsp3) is 0.353. The number of halogens is 3. The molecule has 0 saturated heterocycles. The number of aryl methyl sites for hydroxylation is 2. The largest absolute Gasteiger partial charge is 0.438 e. The molecular weight excluding hydrogens is 369 g/mol. The van der Waals surface area contributed by atoms with Gasteiger partial charge in [-0.25, -0.2) is 14.8 Å². The van der Waals surface area contributed by atoms with Crippen LogP contribution in [0, 0.1) is 6.92 Å². The van der Waals surface area contributed by atoms with Crippen LogP contribution < -0.4 is 0 Å². The Morgan fingerprint density at radius 2 is 2.04 bits per heavy atom. The van der Waals surface area contributed by atoms with E-state index in [1.807, 2.05) is 6.92 Å². The van der Waals surface area contributed by atoms with Crippen LogP contribution in [-0.2, 0) is 11.2 Å². The minimum absolute atomic E-state index is 0.0545. The number of nitrogens with zero attached hydrogens (tertiary/aromatic N) is 2. The lowest BCUT2D eigenvalue weighted by molar-refractivity contribution is -0.213. The smallest absolute Gasteiger partial charge is 0.434 e. The van der Waals surface area contributed by atoms with Gasteiger partial charge in [0.2, 0.25) is 5.89 Å². The predicted octanol–water partition coefficient (Wildman–Crippen LogP) is 5.01. The van der Waals surface area contributed by atoms with Crippen molar-refractivity contribution < 1.29 is 27.1 Å². The molecule has 0 aliphatic carbocycles. The topological polar surface area (TPSA) is 65.2 Å². The zero-order valence-electron chi connectivity index (χ0n) is 14.0. The lowest BCUT2D eigenvalue weighted by atomic mass is 10.3. The number of esters is 1. The average Bonchev–Trinajstić information content (AvgIpc) is 3.14. The third-order valence-electron chi connectivity index (χ3n) is 3.55. The van der Waals surface area contributed by atoms with Crippen molar-refractivity contribution in [1.82, 2.24) is 9.97 Å². The summed E-state index contributed by atoms with van der Waals surface area (Å²) in [5.74, 6) is -1.80. The van der Waals surface area contributed by atoms with Gasteiger partial charge in [0.1, 0.15) is 10.4 Å². The average molecular weight is 384 g/mol. The maximum absolute atomic E-state index is 13.4. The Morgan fingerprint density at radius 1 is 1.31 bits per heavy atom. The third-order valence-corrected chi connectivity index (χ3v) is 4.74. The molecule has 3 rings (SSSR count). The molecule has 0 saturated carbocycles. The van der Waals surface area contributed by atoms with E-state index in [0.29, 0.717) is 17.1 Å². The Morgan fingerprint density at radius 3 is 2.69 bits per heavy atom. The molecule has 1 atom stereocenters. The summed E-state index contributed by atoms with van der Waals surface area (Å²) in [6, 6.07) is 6.24. The van der Waals surface area contributed by atoms with Crippen LogP contribution >= 0.6 is 11.3 Å². The Bertz CT molecular complexity index is 900. The lowest BCUT2D eigenvalue weighted by Crippen LogP contribution is -2.26. The number of carbonyl (C=O) groups is 1. The number of carbonyl (C=O) groups excluding carboxylic acids is 1. The summed E-state index contributed by atoms with van der Waals surface area (Å²) in [6.45, 7) is 3.51. The van der Waals surface area contributed by atoms with Crippen molar-refractivity contribution >= 4 is 28.4 Å². The number of hydrogen-bond donors (Lipinski definition) is 0. The Hall–Kier alpha value is -2.42. The zero-order chi connectivity index (χ0) is 18.9. The Balaban J connectivity index is 1.90. The van der Waals surface area contributed by atoms with Crippen molar-refractivity contribution in [3.8, 4) is 0 Å². The fourth-order valence-corrected chi connectivity index (χ4v) is 3.43. The first-order valence-corrected chi connectivity index (χ1v) is 8.70. The molecular formula is C17H15F3N2O3S. The first-order valence-electron chi connectivity index (χ1n) is 7.89. The second-order valence-corrected chi connectivity index (χ2v) is 6.70. The maximum Gasteiger partial charge on any atom is 0.434 e. The minimum Gasteiger partial charge on any atom is -0.438 e. The number of alkyl halides is 3. The molecule has 2 aromatic heterocycles. The summed E-state index contributed by atoms with van der Waals surface area (Å²) < 4.78 is 50.2. The lowest BCUT2D eigenvalue weighted by Gasteiger charge is -2.17. The number of hydrogen-bond acceptors (Lipinski definition) is 6. The van der Waals surface area contributed by atoms with Gasteiger partial charge in [-0.15, -0.1) is 11.3 Å². The molecule has 0 amide bonds. The molecule has 5 nitrogen and oxygen atoms in total. The molecule has 138 valence electrons. The van der Waals surface area contributed by atoms with Gasteiger partial charge in [-0.1, -0.05) is 19.1 Å². The van der Waals surface area contributed by atoms with Crippen LogP contribution in [0.15, 0.2) is 28.7 Å². The highest BCUT2D eigenvalue weighted by Gasteiger charge is 2.48. The number of para-hydroxylation sites is 2. The number of aromatic nitrogens is 2. The van der Waals surface area contributed by atoms with Crippen LogP contribution in [0.25, 0.3) is 11.1 Å². The number of fused-ring (bicyclic) bond motifs is 1. The van der Waals surface area contributed by atoms with Crippen LogP contribution in [0.1, 0.15) is 45.7 Å². The van der Waals surface area contributed by atoms with E-state index in [-0.39, 0.29) is 16.0 Å². The van der Waals surface area contributed by atoms with Gasteiger partial charge in [0.15, 0.2) is 5.58 Å². The van der Waals surface area contributed by atoms with Crippen molar-refractivity contribution in [2.45, 2.75) is 39.0 Å². The number of rotatable bonds is 5. The van der Waals surface area contributed by atoms with E-state index in [1.54, 1.807) is 19.1 Å². The molecule has 26 heavy (non-hydrogen) atoms. The van der Waals surface area contributed by atoms with E-state index in [4.69, 9.17) is 9.15 Å². The summed E-state index contributed by atoms with van der Waals surface area (Å²) in [7, 11) is 0. The van der Waals surface area contributed by atoms with Gasteiger partial charge in [0, 0.05) is 0 Å². The van der Waals surface area contributed by atoms with Crippen LogP contribution in [0.5, 0.6) is 0 Å². The third kappa shape index (κ3) is 3.72. The normalized spacial score (nSPS) is 13.1. The first kappa shape index (κ1) is 18.4. The Kier molecular flexibility index (Phi) is 4.99. The van der Waals surface area contributed by atoms with Gasteiger partial charge < -0.3 is 9.15 Å². The predicted molar refractivity (Wildman–Crippen MR) is 89.1 cm³/mol. The van der Waals surface area contributed by atoms with Gasteiger partial charge in [0.05, 0.1) is 10.7 Å². The molecule has 0 bridgehead atoms. The standard InChI is InChI=1S/C17H15F3N2O3S/c1-3-6-12-21-9(2)13(26-12)16(23)25-14(17(18,19)20)15-22-10-7-4-5-8-11(10)24-15/h4-5,7-8,14H,3,6H2,1-2H3/t14-/m0/s1. The second kappa shape index (κ2) is 7.06. The minimum atomic E-state index is -4.86. The van der Waals surface area contributed by atoms with Crippen LogP contribution in [0.2, 0.25) is 0 Å². The summed E-state index contributed by atoms with van der Waals surface area (Å²) in [5.41, 5.74) is 0.793. The summed E-state index contributed by atoms with van der Waals surface area (Å²) in [4.78, 5) is 20.4. The molecule has 3 aromatic rings. The second-order valence-electron chi connectivity index (χ2n) is 5.62. The molecule has 0 fully saturated rings. The van der Waals surface area contributed by atoms with Crippen molar-refractivity contribution in [2.75, 3.05) is 0 Å². The number of oxazole rings is 1. The van der Waals surface area contributed by atoms with Crippen molar-refractivity contribution in [1.29, 1.82) is 0 Å². The van der Waals surface area contributed by atoms with Gasteiger partial charge in [-0.05, 0) is 31.9 Å². The van der Waals surface area contributed by atoms with Gasteiger partial charge >= 0.3 is 12.1 Å². The highest BCUT2D eigenvalue weighted by atomic mass is 32.1. The highest BCUT2D eigenvalue weighted by molar-refractivity contribution is 7.13.